The number of hydrogen-bond donors (Lipinski definition) is 1. The van der Waals surface area contributed by atoms with E-state index >= 15 is 0 Å². The predicted molar refractivity (Wildman–Crippen MR) is 76.0 cm³/mol. The topological polar surface area (TPSA) is 43.0 Å². The summed E-state index contributed by atoms with van der Waals surface area (Å²) < 4.78 is 7.63. The van der Waals surface area contributed by atoms with Gasteiger partial charge in [-0.2, -0.15) is 0 Å². The van der Waals surface area contributed by atoms with Crippen LogP contribution in [0.15, 0.2) is 29.1 Å². The van der Waals surface area contributed by atoms with Crippen LogP contribution in [0.25, 0.3) is 0 Å². The van der Waals surface area contributed by atoms with Gasteiger partial charge in [0.25, 0.3) is 0 Å². The van der Waals surface area contributed by atoms with Crippen LogP contribution in [0.1, 0.15) is 43.5 Å². The van der Waals surface area contributed by atoms with Gasteiger partial charge in [0.2, 0.25) is 0 Å². The van der Waals surface area contributed by atoms with E-state index in [9.17, 15) is 0 Å². The Morgan fingerprint density at radius 1 is 1.42 bits per heavy atom. The van der Waals surface area contributed by atoms with Gasteiger partial charge in [-0.05, 0) is 19.0 Å². The Morgan fingerprint density at radius 2 is 2.26 bits per heavy atom. The van der Waals surface area contributed by atoms with Crippen LogP contribution in [0, 0.1) is 0 Å². The molecule has 0 aromatic carbocycles. The van der Waals surface area contributed by atoms with Crippen molar-refractivity contribution in [3.8, 4) is 0 Å². The fraction of sp³-hybridized carbons (Fsp3) is 0.533. The minimum atomic E-state index is 0.273. The molecule has 1 atom stereocenters. The van der Waals surface area contributed by atoms with Gasteiger partial charge in [0.15, 0.2) is 0 Å². The smallest absolute Gasteiger partial charge is 0.110 e. The van der Waals surface area contributed by atoms with Crippen LogP contribution in [0.5, 0.6) is 0 Å². The molecule has 19 heavy (non-hydrogen) atoms. The molecule has 0 amide bonds. The molecule has 2 heterocycles. The Morgan fingerprint density at radius 3 is 2.89 bits per heavy atom. The molecule has 0 radical (unpaired) electrons. The molecule has 1 N–H and O–H groups in total. The molecule has 0 saturated carbocycles. The van der Waals surface area contributed by atoms with E-state index < -0.39 is 0 Å². The van der Waals surface area contributed by atoms with Gasteiger partial charge in [0, 0.05) is 43.9 Å². The van der Waals surface area contributed by atoms with E-state index in [-0.39, 0.29) is 6.04 Å². The van der Waals surface area contributed by atoms with Crippen LogP contribution in [0.4, 0.5) is 0 Å². The molecule has 0 fully saturated rings. The lowest BCUT2D eigenvalue weighted by atomic mass is 10.0. The molecule has 0 aliphatic carbocycles. The second-order valence-electron chi connectivity index (χ2n) is 4.82. The summed E-state index contributed by atoms with van der Waals surface area (Å²) in [5.74, 6) is 2.17. The number of aromatic nitrogens is 2. The molecular weight excluding hydrogens is 238 g/mol. The van der Waals surface area contributed by atoms with Crippen molar-refractivity contribution in [1.29, 1.82) is 0 Å². The van der Waals surface area contributed by atoms with Gasteiger partial charge < -0.3 is 14.3 Å². The van der Waals surface area contributed by atoms with Gasteiger partial charge in [0.1, 0.15) is 11.6 Å². The van der Waals surface area contributed by atoms with Crippen LogP contribution in [-0.2, 0) is 19.9 Å². The Labute approximate surface area is 114 Å². The molecule has 104 valence electrons. The minimum absolute atomic E-state index is 0.273. The van der Waals surface area contributed by atoms with Crippen LogP contribution in [-0.4, -0.2) is 16.1 Å². The Balaban J connectivity index is 2.18. The molecule has 0 saturated heterocycles. The van der Waals surface area contributed by atoms with Crippen molar-refractivity contribution in [2.45, 2.75) is 39.2 Å². The number of nitrogens with one attached hydrogen (secondary N) is 1. The molecule has 0 spiro atoms. The van der Waals surface area contributed by atoms with Crippen molar-refractivity contribution in [1.82, 2.24) is 14.9 Å². The summed E-state index contributed by atoms with van der Waals surface area (Å²) in [5.41, 5.74) is 1.26. The summed E-state index contributed by atoms with van der Waals surface area (Å²) in [4.78, 5) is 4.42. The first kappa shape index (κ1) is 13.9. The number of hydrogen-bond acceptors (Lipinski definition) is 3. The Bertz CT molecular complexity index is 501. The summed E-state index contributed by atoms with van der Waals surface area (Å²) in [6.45, 7) is 5.31. The summed E-state index contributed by atoms with van der Waals surface area (Å²) in [6, 6.07) is 2.35. The summed E-state index contributed by atoms with van der Waals surface area (Å²) in [5, 5.41) is 3.60. The van der Waals surface area contributed by atoms with Gasteiger partial charge in [-0.15, -0.1) is 0 Å². The number of imidazole rings is 1. The molecule has 0 bridgehead atoms. The van der Waals surface area contributed by atoms with Crippen molar-refractivity contribution in [2.24, 2.45) is 7.05 Å². The van der Waals surface area contributed by atoms with E-state index in [0.29, 0.717) is 0 Å². The van der Waals surface area contributed by atoms with Crippen molar-refractivity contribution in [3.05, 3.63) is 41.9 Å². The van der Waals surface area contributed by atoms with Crippen LogP contribution >= 0.6 is 0 Å². The lowest BCUT2D eigenvalue weighted by Gasteiger charge is -2.18. The van der Waals surface area contributed by atoms with Crippen LogP contribution in [0.2, 0.25) is 0 Å². The van der Waals surface area contributed by atoms with E-state index in [4.69, 9.17) is 4.42 Å². The van der Waals surface area contributed by atoms with Crippen LogP contribution in [0.3, 0.4) is 0 Å². The third kappa shape index (κ3) is 3.26. The second kappa shape index (κ2) is 6.57. The Kier molecular flexibility index (Phi) is 4.80. The maximum Gasteiger partial charge on any atom is 0.110 e. The molecular formula is C15H23N3O. The first-order chi connectivity index (χ1) is 9.26. The quantitative estimate of drug-likeness (QED) is 0.833. The third-order valence-electron chi connectivity index (χ3n) is 3.42. The highest BCUT2D eigenvalue weighted by molar-refractivity contribution is 5.23. The molecule has 2 aromatic rings. The molecule has 1 unspecified atom stereocenters. The fourth-order valence-corrected chi connectivity index (χ4v) is 2.33. The van der Waals surface area contributed by atoms with Gasteiger partial charge in [0.05, 0.1) is 6.26 Å². The zero-order valence-electron chi connectivity index (χ0n) is 12.0. The average molecular weight is 261 g/mol. The predicted octanol–water partition coefficient (Wildman–Crippen LogP) is 2.86. The highest BCUT2D eigenvalue weighted by Crippen LogP contribution is 2.23. The van der Waals surface area contributed by atoms with Crippen molar-refractivity contribution in [3.63, 3.8) is 0 Å². The molecule has 0 aliphatic rings. The summed E-state index contributed by atoms with van der Waals surface area (Å²) >= 11 is 0. The Hall–Kier alpha value is -1.55. The molecule has 4 nitrogen and oxygen atoms in total. The van der Waals surface area contributed by atoms with Gasteiger partial charge in [-0.1, -0.05) is 13.8 Å². The van der Waals surface area contributed by atoms with Crippen molar-refractivity contribution >= 4 is 0 Å². The first-order valence-electron chi connectivity index (χ1n) is 7.02. The molecule has 2 aromatic heterocycles. The monoisotopic (exact) mass is 261 g/mol. The minimum Gasteiger partial charge on any atom is -0.469 e. The first-order valence-corrected chi connectivity index (χ1v) is 7.02. The average Bonchev–Trinajstić information content (AvgIpc) is 3.03. The number of furan rings is 1. The van der Waals surface area contributed by atoms with E-state index in [1.165, 1.54) is 5.56 Å². The normalized spacial score (nSPS) is 12.8. The maximum atomic E-state index is 5.56. The highest BCUT2D eigenvalue weighted by atomic mass is 16.3. The zero-order chi connectivity index (χ0) is 13.7. The van der Waals surface area contributed by atoms with E-state index in [2.05, 4.69) is 34.8 Å². The standard InChI is InChI=1S/C15H23N3O/c1-4-7-16-13(11-15-17-8-9-18(15)3)12-6-10-19-14(12)5-2/h6,8-10,13,16H,4-5,7,11H2,1-3H3. The zero-order valence-corrected chi connectivity index (χ0v) is 12.0. The second-order valence-corrected chi connectivity index (χ2v) is 4.82. The largest absolute Gasteiger partial charge is 0.469 e. The van der Waals surface area contributed by atoms with E-state index in [1.807, 2.05) is 19.4 Å². The van der Waals surface area contributed by atoms with Gasteiger partial charge in [-0.3, -0.25) is 0 Å². The maximum absolute atomic E-state index is 5.56. The number of rotatable bonds is 7. The summed E-state index contributed by atoms with van der Waals surface area (Å²) in [6.07, 6.45) is 8.55. The number of nitrogens with zero attached hydrogens (tertiary/aromatic N) is 2. The summed E-state index contributed by atoms with van der Waals surface area (Å²) in [7, 11) is 2.04. The molecule has 4 heteroatoms. The SMILES string of the molecule is CCCNC(Cc1nccn1C)c1ccoc1CC. The lowest BCUT2D eigenvalue weighted by Crippen LogP contribution is -2.25. The van der Waals surface area contributed by atoms with E-state index in [0.717, 1.165) is 37.4 Å². The molecule has 2 rings (SSSR count). The third-order valence-corrected chi connectivity index (χ3v) is 3.42. The van der Waals surface area contributed by atoms with E-state index in [1.54, 1.807) is 6.26 Å². The fourth-order valence-electron chi connectivity index (χ4n) is 2.33. The van der Waals surface area contributed by atoms with Gasteiger partial charge in [-0.25, -0.2) is 4.98 Å². The van der Waals surface area contributed by atoms with Crippen molar-refractivity contribution in [2.75, 3.05) is 6.54 Å². The number of aryl methyl sites for hydroxylation is 2. The van der Waals surface area contributed by atoms with Crippen molar-refractivity contribution < 1.29 is 4.42 Å². The molecule has 0 aliphatic heterocycles. The lowest BCUT2D eigenvalue weighted by molar-refractivity contribution is 0.474. The highest BCUT2D eigenvalue weighted by Gasteiger charge is 2.18. The van der Waals surface area contributed by atoms with Crippen LogP contribution < -0.4 is 5.32 Å². The van der Waals surface area contributed by atoms with Gasteiger partial charge >= 0.3 is 0 Å².